The predicted molar refractivity (Wildman–Crippen MR) is 67.0 cm³/mol. The number of carbonyl (C=O) groups excluding carboxylic acids is 1. The van der Waals surface area contributed by atoms with Crippen molar-refractivity contribution in [3.8, 4) is 0 Å². The minimum absolute atomic E-state index is 0.0292. The Bertz CT molecular complexity index is 440. The van der Waals surface area contributed by atoms with Gasteiger partial charge in [-0.2, -0.15) is 0 Å². The van der Waals surface area contributed by atoms with Crippen LogP contribution >= 0.6 is 0 Å². The molecule has 0 aliphatic heterocycles. The fraction of sp³-hybridized carbons (Fsp3) is 0.818. The van der Waals surface area contributed by atoms with Gasteiger partial charge < -0.3 is 9.84 Å². The Morgan fingerprint density at radius 1 is 1.37 bits per heavy atom. The van der Waals surface area contributed by atoms with E-state index in [0.29, 0.717) is 12.8 Å². The summed E-state index contributed by atoms with van der Waals surface area (Å²) < 4.78 is 30.0. The summed E-state index contributed by atoms with van der Waals surface area (Å²) in [6, 6.07) is 0. The summed E-state index contributed by atoms with van der Waals surface area (Å²) in [5.41, 5.74) is -0.949. The van der Waals surface area contributed by atoms with Crippen LogP contribution in [0.2, 0.25) is 0 Å². The van der Waals surface area contributed by atoms with E-state index < -0.39 is 27.4 Å². The van der Waals surface area contributed by atoms with Crippen molar-refractivity contribution < 1.29 is 27.9 Å². The van der Waals surface area contributed by atoms with Crippen LogP contribution < -0.4 is 4.72 Å². The first-order valence-corrected chi connectivity index (χ1v) is 7.74. The molecule has 1 fully saturated rings. The number of rotatable bonds is 8. The van der Waals surface area contributed by atoms with Gasteiger partial charge in [-0.25, -0.2) is 13.1 Å². The third-order valence-corrected chi connectivity index (χ3v) is 4.83. The van der Waals surface area contributed by atoms with Crippen LogP contribution in [0.5, 0.6) is 0 Å². The SMILES string of the molecule is COC(=O)CCCS(=O)(=O)NCC1(C(=O)O)CCC1. The highest BCUT2D eigenvalue weighted by Crippen LogP contribution is 2.40. The fourth-order valence-corrected chi connectivity index (χ4v) is 3.06. The minimum atomic E-state index is -3.55. The number of hydrogen-bond donors (Lipinski definition) is 2. The second kappa shape index (κ2) is 6.33. The van der Waals surface area contributed by atoms with Crippen molar-refractivity contribution >= 4 is 22.0 Å². The largest absolute Gasteiger partial charge is 0.481 e. The molecule has 0 heterocycles. The van der Waals surface area contributed by atoms with Crippen LogP contribution in [0.1, 0.15) is 32.1 Å². The first-order valence-electron chi connectivity index (χ1n) is 6.09. The van der Waals surface area contributed by atoms with Gasteiger partial charge >= 0.3 is 11.9 Å². The number of methoxy groups -OCH3 is 1. The molecular formula is C11H19NO6S. The van der Waals surface area contributed by atoms with Crippen molar-refractivity contribution in [1.29, 1.82) is 0 Å². The average Bonchev–Trinajstić information content (AvgIpc) is 2.26. The number of aliphatic carboxylic acids is 1. The van der Waals surface area contributed by atoms with Gasteiger partial charge in [0, 0.05) is 13.0 Å². The molecule has 7 nitrogen and oxygen atoms in total. The highest BCUT2D eigenvalue weighted by atomic mass is 32.2. The lowest BCUT2D eigenvalue weighted by molar-refractivity contribution is -0.153. The van der Waals surface area contributed by atoms with Crippen LogP contribution in [0.15, 0.2) is 0 Å². The maximum Gasteiger partial charge on any atom is 0.310 e. The molecule has 110 valence electrons. The van der Waals surface area contributed by atoms with Gasteiger partial charge in [-0.3, -0.25) is 9.59 Å². The Kier molecular flexibility index (Phi) is 5.30. The zero-order valence-electron chi connectivity index (χ0n) is 10.8. The molecule has 0 unspecified atom stereocenters. The molecule has 19 heavy (non-hydrogen) atoms. The van der Waals surface area contributed by atoms with Gasteiger partial charge in [0.1, 0.15) is 0 Å². The molecule has 0 bridgehead atoms. The maximum absolute atomic E-state index is 11.7. The molecule has 0 radical (unpaired) electrons. The normalized spacial score (nSPS) is 17.5. The molecule has 8 heteroatoms. The lowest BCUT2D eigenvalue weighted by Gasteiger charge is -2.37. The van der Waals surface area contributed by atoms with E-state index >= 15 is 0 Å². The first kappa shape index (κ1) is 15.9. The quantitative estimate of drug-likeness (QED) is 0.615. The summed E-state index contributed by atoms with van der Waals surface area (Å²) in [6.07, 6.45) is 1.97. The van der Waals surface area contributed by atoms with Crippen LogP contribution in [-0.2, 0) is 24.3 Å². The highest BCUT2D eigenvalue weighted by molar-refractivity contribution is 7.89. The third kappa shape index (κ3) is 4.46. The summed E-state index contributed by atoms with van der Waals surface area (Å²) >= 11 is 0. The second-order valence-corrected chi connectivity index (χ2v) is 6.69. The Labute approximate surface area is 112 Å². The fourth-order valence-electron chi connectivity index (χ4n) is 1.90. The molecule has 1 rings (SSSR count). The van der Waals surface area contributed by atoms with Gasteiger partial charge in [-0.15, -0.1) is 0 Å². The van der Waals surface area contributed by atoms with Gasteiger partial charge in [0.15, 0.2) is 0 Å². The van der Waals surface area contributed by atoms with E-state index in [2.05, 4.69) is 9.46 Å². The lowest BCUT2D eigenvalue weighted by Crippen LogP contribution is -2.47. The van der Waals surface area contributed by atoms with E-state index in [-0.39, 0.29) is 25.1 Å². The second-order valence-electron chi connectivity index (χ2n) is 4.76. The van der Waals surface area contributed by atoms with Crippen molar-refractivity contribution in [2.24, 2.45) is 5.41 Å². The van der Waals surface area contributed by atoms with Gasteiger partial charge in [-0.1, -0.05) is 6.42 Å². The van der Waals surface area contributed by atoms with Gasteiger partial charge in [0.25, 0.3) is 0 Å². The number of carbonyl (C=O) groups is 2. The number of ether oxygens (including phenoxy) is 1. The number of carboxylic acid groups (broad SMARTS) is 1. The molecule has 0 atom stereocenters. The Hall–Kier alpha value is -1.15. The van der Waals surface area contributed by atoms with Gasteiger partial charge in [0.05, 0.1) is 18.3 Å². The van der Waals surface area contributed by atoms with Gasteiger partial charge in [0.2, 0.25) is 10.0 Å². The Morgan fingerprint density at radius 3 is 2.42 bits per heavy atom. The van der Waals surface area contributed by atoms with Crippen LogP contribution in [0.4, 0.5) is 0 Å². The van der Waals surface area contributed by atoms with E-state index in [9.17, 15) is 18.0 Å². The van der Waals surface area contributed by atoms with E-state index in [1.54, 1.807) is 0 Å². The Morgan fingerprint density at radius 2 is 2.00 bits per heavy atom. The molecule has 0 saturated heterocycles. The number of sulfonamides is 1. The monoisotopic (exact) mass is 293 g/mol. The van der Waals surface area contributed by atoms with E-state index in [1.807, 2.05) is 0 Å². The smallest absolute Gasteiger partial charge is 0.310 e. The summed E-state index contributed by atoms with van der Waals surface area (Å²) in [7, 11) is -2.31. The van der Waals surface area contributed by atoms with Crippen molar-refractivity contribution in [2.75, 3.05) is 19.4 Å². The maximum atomic E-state index is 11.7. The number of carboxylic acids is 1. The summed E-state index contributed by atoms with van der Waals surface area (Å²) in [5, 5.41) is 9.07. The molecular weight excluding hydrogens is 274 g/mol. The highest BCUT2D eigenvalue weighted by Gasteiger charge is 2.44. The van der Waals surface area contributed by atoms with E-state index in [4.69, 9.17) is 5.11 Å². The molecule has 0 aromatic carbocycles. The van der Waals surface area contributed by atoms with Crippen LogP contribution in [-0.4, -0.2) is 44.9 Å². The topological polar surface area (TPSA) is 110 Å². The summed E-state index contributed by atoms with van der Waals surface area (Å²) in [4.78, 5) is 21.9. The molecule has 1 aliphatic rings. The standard InChI is InChI=1S/C11H19NO6S/c1-18-9(13)4-2-7-19(16,17)12-8-11(10(14)15)5-3-6-11/h12H,2-8H2,1H3,(H,14,15). The number of hydrogen-bond acceptors (Lipinski definition) is 5. The van der Waals surface area contributed by atoms with Crippen molar-refractivity contribution in [1.82, 2.24) is 4.72 Å². The van der Waals surface area contributed by atoms with Crippen LogP contribution in [0.3, 0.4) is 0 Å². The minimum Gasteiger partial charge on any atom is -0.481 e. The molecule has 0 spiro atoms. The van der Waals surface area contributed by atoms with E-state index in [1.165, 1.54) is 7.11 Å². The van der Waals surface area contributed by atoms with E-state index in [0.717, 1.165) is 6.42 Å². The number of esters is 1. The predicted octanol–water partition coefficient (Wildman–Crippen LogP) is 0.114. The van der Waals surface area contributed by atoms with Crippen LogP contribution in [0.25, 0.3) is 0 Å². The van der Waals surface area contributed by atoms with Crippen molar-refractivity contribution in [3.63, 3.8) is 0 Å². The summed E-state index contributed by atoms with van der Waals surface area (Å²) in [6.45, 7) is -0.0805. The Balaban J connectivity index is 2.38. The third-order valence-electron chi connectivity index (χ3n) is 3.42. The van der Waals surface area contributed by atoms with Gasteiger partial charge in [-0.05, 0) is 19.3 Å². The zero-order chi connectivity index (χ0) is 14.5. The molecule has 1 saturated carbocycles. The van der Waals surface area contributed by atoms with Crippen molar-refractivity contribution in [3.05, 3.63) is 0 Å². The molecule has 0 aromatic heterocycles. The molecule has 2 N–H and O–H groups in total. The van der Waals surface area contributed by atoms with Crippen molar-refractivity contribution in [2.45, 2.75) is 32.1 Å². The first-order chi connectivity index (χ1) is 8.81. The molecule has 0 aromatic rings. The summed E-state index contributed by atoms with van der Waals surface area (Å²) in [5.74, 6) is -1.63. The zero-order valence-corrected chi connectivity index (χ0v) is 11.7. The lowest BCUT2D eigenvalue weighted by atomic mass is 9.69. The number of nitrogens with one attached hydrogen (secondary N) is 1. The average molecular weight is 293 g/mol. The molecule has 0 amide bonds. The molecule has 1 aliphatic carbocycles. The van der Waals surface area contributed by atoms with Crippen LogP contribution in [0, 0.1) is 5.41 Å².